The zero-order valence-electron chi connectivity index (χ0n) is 23.4. The summed E-state index contributed by atoms with van der Waals surface area (Å²) in [4.78, 5) is 59.6. The number of amides is 4. The molecule has 3 aromatic rings. The summed E-state index contributed by atoms with van der Waals surface area (Å²) >= 11 is 6.21. The number of methoxy groups -OCH3 is 1. The van der Waals surface area contributed by atoms with Crippen LogP contribution in [0, 0.1) is 0 Å². The second-order valence-corrected chi connectivity index (χ2v) is 10.8. The molecule has 2 atom stereocenters. The van der Waals surface area contributed by atoms with Gasteiger partial charge in [0.15, 0.2) is 5.69 Å². The number of carbonyl (C=O) groups excluding carboxylic acids is 3. The zero-order valence-corrected chi connectivity index (χ0v) is 24.2. The Morgan fingerprint density at radius 1 is 1.07 bits per heavy atom. The molecule has 2 unspecified atom stereocenters. The smallest absolute Gasteiger partial charge is 0.326 e. The molecule has 5 rings (SSSR count). The Balaban J connectivity index is 1.73. The van der Waals surface area contributed by atoms with E-state index in [9.17, 15) is 14.4 Å². The second-order valence-electron chi connectivity index (χ2n) is 10.4. The van der Waals surface area contributed by atoms with Crippen LogP contribution >= 0.6 is 11.6 Å². The van der Waals surface area contributed by atoms with Gasteiger partial charge in [-0.15, -0.1) is 0 Å². The molecule has 0 aliphatic carbocycles. The van der Waals surface area contributed by atoms with Gasteiger partial charge in [-0.2, -0.15) is 4.98 Å². The molecule has 2 aliphatic heterocycles. The summed E-state index contributed by atoms with van der Waals surface area (Å²) < 4.78 is 7.58. The lowest BCUT2D eigenvalue weighted by Crippen LogP contribution is -2.62. The summed E-state index contributed by atoms with van der Waals surface area (Å²) in [5, 5.41) is 0.541. The van der Waals surface area contributed by atoms with Crippen LogP contribution in [0.15, 0.2) is 30.5 Å². The lowest BCUT2D eigenvalue weighted by atomic mass is 10.0. The van der Waals surface area contributed by atoms with Crippen molar-refractivity contribution >= 4 is 35.4 Å². The molecule has 2 aromatic heterocycles. The highest BCUT2D eigenvalue weighted by atomic mass is 35.5. The van der Waals surface area contributed by atoms with Crippen molar-refractivity contribution in [1.29, 1.82) is 0 Å². The van der Waals surface area contributed by atoms with E-state index >= 15 is 0 Å². The van der Waals surface area contributed by atoms with Crippen molar-refractivity contribution in [2.75, 3.05) is 46.7 Å². The molecule has 1 saturated heterocycles. The highest BCUT2D eigenvalue weighted by molar-refractivity contribution is 6.30. The van der Waals surface area contributed by atoms with Gasteiger partial charge in [-0.25, -0.2) is 14.8 Å². The number of ether oxygens (including phenoxy) is 1. The number of imide groups is 1. The number of aromatic nitrogens is 4. The fraction of sp³-hybridized carbons (Fsp3) is 0.407. The first-order valence-electron chi connectivity index (χ1n) is 12.8. The van der Waals surface area contributed by atoms with Gasteiger partial charge < -0.3 is 24.0 Å². The van der Waals surface area contributed by atoms with Gasteiger partial charge in [0.25, 0.3) is 11.8 Å². The third-order valence-corrected chi connectivity index (χ3v) is 7.46. The number of benzene rings is 1. The molecule has 0 saturated carbocycles. The number of anilines is 1. The molecule has 13 heteroatoms. The molecular formula is C27H31ClN8O4. The fourth-order valence-electron chi connectivity index (χ4n) is 5.31. The van der Waals surface area contributed by atoms with Crippen molar-refractivity contribution in [3.8, 4) is 17.3 Å². The van der Waals surface area contributed by atoms with E-state index in [-0.39, 0.29) is 18.3 Å². The molecular weight excluding hydrogens is 536 g/mol. The molecule has 4 heterocycles. The van der Waals surface area contributed by atoms with Crippen LogP contribution in [0.1, 0.15) is 47.7 Å². The number of imidazole rings is 1. The minimum atomic E-state index is -0.906. The van der Waals surface area contributed by atoms with Crippen LogP contribution in [0.3, 0.4) is 0 Å². The minimum Gasteiger partial charge on any atom is -0.480 e. The van der Waals surface area contributed by atoms with E-state index in [2.05, 4.69) is 9.97 Å². The first-order chi connectivity index (χ1) is 19.0. The molecule has 0 N–H and O–H groups in total. The number of hydrogen-bond acceptors (Lipinski definition) is 8. The van der Waals surface area contributed by atoms with Crippen LogP contribution in [-0.2, 0) is 4.79 Å². The predicted octanol–water partition coefficient (Wildman–Crippen LogP) is 3.09. The molecule has 12 nitrogen and oxygen atoms in total. The van der Waals surface area contributed by atoms with Crippen LogP contribution in [0.5, 0.6) is 5.88 Å². The van der Waals surface area contributed by atoms with Gasteiger partial charge in [-0.3, -0.25) is 14.5 Å². The SMILES string of the molecule is COc1nc(N(C)C)ncc1-c1nc2c(n1C(C)C)C(c1ccc(Cl)cc1)N(C1CN(C)C(=O)N(C)C1=O)C2=O. The van der Waals surface area contributed by atoms with Gasteiger partial charge in [0, 0.05) is 45.5 Å². The van der Waals surface area contributed by atoms with Gasteiger partial charge in [0.2, 0.25) is 11.8 Å². The molecule has 210 valence electrons. The maximum atomic E-state index is 14.2. The Morgan fingerprint density at radius 3 is 2.35 bits per heavy atom. The standard InChI is InChI=1S/C27H31ClN8O4/c1-14(2)35-21-19(30-22(35)17-12-29-26(32(3)4)31-23(17)40-7)25(38)36(20(21)15-8-10-16(28)11-9-15)18-13-33(5)27(39)34(6)24(18)37/h8-12,14,18,20H,13H2,1-7H3. The molecule has 1 aromatic carbocycles. The first-order valence-corrected chi connectivity index (χ1v) is 13.2. The van der Waals surface area contributed by atoms with Crippen molar-refractivity contribution in [3.63, 3.8) is 0 Å². The van der Waals surface area contributed by atoms with Gasteiger partial charge in [-0.1, -0.05) is 23.7 Å². The Morgan fingerprint density at radius 2 is 1.75 bits per heavy atom. The number of urea groups is 1. The largest absolute Gasteiger partial charge is 0.480 e. The van der Waals surface area contributed by atoms with E-state index in [0.29, 0.717) is 33.9 Å². The van der Waals surface area contributed by atoms with Crippen LogP contribution in [0.4, 0.5) is 10.7 Å². The van der Waals surface area contributed by atoms with Crippen molar-refractivity contribution in [1.82, 2.24) is 34.2 Å². The number of halogens is 1. The van der Waals surface area contributed by atoms with Crippen LogP contribution in [0.2, 0.25) is 5.02 Å². The van der Waals surface area contributed by atoms with E-state index < -0.39 is 29.9 Å². The number of fused-ring (bicyclic) bond motifs is 1. The fourth-order valence-corrected chi connectivity index (χ4v) is 5.44. The zero-order chi connectivity index (χ0) is 29.0. The van der Waals surface area contributed by atoms with Crippen LogP contribution < -0.4 is 9.64 Å². The first kappa shape index (κ1) is 27.4. The summed E-state index contributed by atoms with van der Waals surface area (Å²) in [6.07, 6.45) is 1.64. The van der Waals surface area contributed by atoms with E-state index in [1.54, 1.807) is 30.3 Å². The summed E-state index contributed by atoms with van der Waals surface area (Å²) in [6, 6.07) is 5.03. The highest BCUT2D eigenvalue weighted by Gasteiger charge is 2.51. The number of rotatable bonds is 6. The van der Waals surface area contributed by atoms with E-state index in [0.717, 1.165) is 10.5 Å². The topological polar surface area (TPSA) is 117 Å². The predicted molar refractivity (Wildman–Crippen MR) is 149 cm³/mol. The van der Waals surface area contributed by atoms with E-state index in [4.69, 9.17) is 21.3 Å². The number of nitrogens with zero attached hydrogens (tertiary/aromatic N) is 8. The molecule has 0 spiro atoms. The average molecular weight is 567 g/mol. The molecule has 2 aliphatic rings. The maximum Gasteiger partial charge on any atom is 0.326 e. The van der Waals surface area contributed by atoms with Crippen molar-refractivity contribution < 1.29 is 19.1 Å². The Kier molecular flexibility index (Phi) is 6.90. The van der Waals surface area contributed by atoms with E-state index in [1.165, 1.54) is 24.0 Å². The van der Waals surface area contributed by atoms with Crippen LogP contribution in [-0.4, -0.2) is 100.0 Å². The lowest BCUT2D eigenvalue weighted by molar-refractivity contribution is -0.135. The number of hydrogen-bond donors (Lipinski definition) is 0. The van der Waals surface area contributed by atoms with Crippen molar-refractivity contribution in [3.05, 3.63) is 52.4 Å². The molecule has 0 bridgehead atoms. The monoisotopic (exact) mass is 566 g/mol. The third kappa shape index (κ3) is 4.23. The van der Waals surface area contributed by atoms with Crippen molar-refractivity contribution in [2.45, 2.75) is 32.0 Å². The summed E-state index contributed by atoms with van der Waals surface area (Å²) in [5.41, 5.74) is 2.14. The van der Waals surface area contributed by atoms with Gasteiger partial charge in [-0.05, 0) is 31.5 Å². The highest BCUT2D eigenvalue weighted by Crippen LogP contribution is 2.45. The summed E-state index contributed by atoms with van der Waals surface area (Å²) in [6.45, 7) is 4.04. The summed E-state index contributed by atoms with van der Waals surface area (Å²) in [7, 11) is 8.21. The lowest BCUT2D eigenvalue weighted by Gasteiger charge is -2.41. The second kappa shape index (κ2) is 10.1. The quantitative estimate of drug-likeness (QED) is 0.447. The minimum absolute atomic E-state index is 0.0598. The van der Waals surface area contributed by atoms with E-state index in [1.807, 2.05) is 44.6 Å². The average Bonchev–Trinajstić information content (AvgIpc) is 3.44. The number of carbonyl (C=O) groups is 3. The molecule has 0 radical (unpaired) electrons. The van der Waals surface area contributed by atoms with Crippen molar-refractivity contribution in [2.24, 2.45) is 0 Å². The molecule has 4 amide bonds. The summed E-state index contributed by atoms with van der Waals surface area (Å²) in [5.74, 6) is 0.408. The maximum absolute atomic E-state index is 14.2. The van der Waals surface area contributed by atoms with Crippen LogP contribution in [0.25, 0.3) is 11.4 Å². The number of likely N-dealkylation sites (N-methyl/N-ethyl adjacent to an activating group) is 2. The molecule has 1 fully saturated rings. The Labute approximate surface area is 237 Å². The Hall–Kier alpha value is -4.19. The normalized spacial score (nSPS) is 19.1. The van der Waals surface area contributed by atoms with Gasteiger partial charge in [0.1, 0.15) is 17.9 Å². The van der Waals surface area contributed by atoms with Gasteiger partial charge in [0.05, 0.1) is 24.9 Å². The van der Waals surface area contributed by atoms with Gasteiger partial charge >= 0.3 is 6.03 Å². The molecule has 40 heavy (non-hydrogen) atoms. The third-order valence-electron chi connectivity index (χ3n) is 7.21. The Bertz CT molecular complexity index is 1500.